The number of ether oxygens (including phenoxy) is 1. The van der Waals surface area contributed by atoms with Crippen LogP contribution in [0.1, 0.15) is 32.1 Å². The number of primary amides is 1. The van der Waals surface area contributed by atoms with Crippen LogP contribution >= 0.6 is 0 Å². The molecule has 1 fully saturated rings. The van der Waals surface area contributed by atoms with Crippen LogP contribution in [0.3, 0.4) is 0 Å². The van der Waals surface area contributed by atoms with Crippen LogP contribution in [0.15, 0.2) is 0 Å². The lowest BCUT2D eigenvalue weighted by molar-refractivity contribution is 0.0689. The van der Waals surface area contributed by atoms with E-state index in [0.717, 1.165) is 38.1 Å². The Morgan fingerprint density at radius 3 is 2.40 bits per heavy atom. The molecule has 0 aromatic heterocycles. The zero-order chi connectivity index (χ0) is 11.3. The molecule has 4 nitrogen and oxygen atoms in total. The number of hydrogen-bond donors (Lipinski definition) is 1. The van der Waals surface area contributed by atoms with Gasteiger partial charge in [-0.3, -0.25) is 0 Å². The van der Waals surface area contributed by atoms with Crippen molar-refractivity contribution in [2.45, 2.75) is 38.2 Å². The third-order valence-corrected chi connectivity index (χ3v) is 3.06. The van der Waals surface area contributed by atoms with Crippen molar-refractivity contribution in [1.82, 2.24) is 4.90 Å². The van der Waals surface area contributed by atoms with Gasteiger partial charge in [0.15, 0.2) is 0 Å². The number of carbonyl (C=O) groups excluding carboxylic acids is 1. The van der Waals surface area contributed by atoms with Crippen molar-refractivity contribution >= 4 is 6.09 Å². The van der Waals surface area contributed by atoms with Crippen molar-refractivity contribution < 1.29 is 9.53 Å². The molecule has 2 N–H and O–H groups in total. The van der Waals surface area contributed by atoms with E-state index in [2.05, 4.69) is 19.0 Å². The third kappa shape index (κ3) is 5.02. The standard InChI is InChI=1S/C11H22N2O2/c1-13(2)8-7-9-3-5-10(6-4-9)15-11(12)14/h9-10H,3-8H2,1-2H3,(H2,12,14). The average molecular weight is 214 g/mol. The van der Waals surface area contributed by atoms with Crippen LogP contribution in [-0.2, 0) is 4.74 Å². The molecule has 0 bridgehead atoms. The lowest BCUT2D eigenvalue weighted by atomic mass is 9.85. The van der Waals surface area contributed by atoms with Gasteiger partial charge in [0.25, 0.3) is 0 Å². The molecular formula is C11H22N2O2. The van der Waals surface area contributed by atoms with E-state index in [1.165, 1.54) is 6.42 Å². The number of amides is 1. The summed E-state index contributed by atoms with van der Waals surface area (Å²) in [5.74, 6) is 0.792. The first-order valence-corrected chi connectivity index (χ1v) is 5.68. The summed E-state index contributed by atoms with van der Waals surface area (Å²) < 4.78 is 4.99. The van der Waals surface area contributed by atoms with Crippen molar-refractivity contribution in [3.8, 4) is 0 Å². The summed E-state index contributed by atoms with van der Waals surface area (Å²) in [6.45, 7) is 1.14. The highest BCUT2D eigenvalue weighted by Gasteiger charge is 2.22. The van der Waals surface area contributed by atoms with Crippen LogP contribution in [0.5, 0.6) is 0 Å². The van der Waals surface area contributed by atoms with E-state index in [1.807, 2.05) is 0 Å². The first-order chi connectivity index (χ1) is 7.08. The van der Waals surface area contributed by atoms with E-state index in [-0.39, 0.29) is 6.10 Å². The normalized spacial score (nSPS) is 26.6. The Hall–Kier alpha value is -0.770. The fourth-order valence-corrected chi connectivity index (χ4v) is 2.14. The van der Waals surface area contributed by atoms with Gasteiger partial charge in [-0.1, -0.05) is 0 Å². The molecule has 0 spiro atoms. The molecule has 15 heavy (non-hydrogen) atoms. The fourth-order valence-electron chi connectivity index (χ4n) is 2.14. The van der Waals surface area contributed by atoms with Gasteiger partial charge in [-0.2, -0.15) is 0 Å². The van der Waals surface area contributed by atoms with Gasteiger partial charge in [0.05, 0.1) is 0 Å². The summed E-state index contributed by atoms with van der Waals surface area (Å²) in [5, 5.41) is 0. The molecule has 0 unspecified atom stereocenters. The Kier molecular flexibility index (Phi) is 4.88. The highest BCUT2D eigenvalue weighted by Crippen LogP contribution is 2.28. The molecule has 0 aromatic carbocycles. The summed E-state index contributed by atoms with van der Waals surface area (Å²) in [5.41, 5.74) is 4.99. The van der Waals surface area contributed by atoms with E-state index in [4.69, 9.17) is 10.5 Å². The van der Waals surface area contributed by atoms with Crippen LogP contribution in [0, 0.1) is 5.92 Å². The second-order valence-electron chi connectivity index (χ2n) is 4.67. The molecule has 0 radical (unpaired) electrons. The van der Waals surface area contributed by atoms with Crippen molar-refractivity contribution in [1.29, 1.82) is 0 Å². The molecule has 0 atom stereocenters. The SMILES string of the molecule is CN(C)CCC1CCC(OC(N)=O)CC1. The first kappa shape index (κ1) is 12.3. The highest BCUT2D eigenvalue weighted by molar-refractivity contribution is 5.64. The van der Waals surface area contributed by atoms with Gasteiger partial charge in [0.1, 0.15) is 6.10 Å². The molecule has 0 aromatic rings. The Labute approximate surface area is 91.8 Å². The van der Waals surface area contributed by atoms with Gasteiger partial charge in [-0.15, -0.1) is 0 Å². The smallest absolute Gasteiger partial charge is 0.404 e. The number of hydrogen-bond acceptors (Lipinski definition) is 3. The second kappa shape index (κ2) is 5.95. The molecule has 0 heterocycles. The minimum Gasteiger partial charge on any atom is -0.446 e. The Morgan fingerprint density at radius 2 is 1.93 bits per heavy atom. The lowest BCUT2D eigenvalue weighted by Crippen LogP contribution is -2.28. The number of rotatable bonds is 4. The topological polar surface area (TPSA) is 55.6 Å². The fraction of sp³-hybridized carbons (Fsp3) is 0.909. The maximum atomic E-state index is 10.6. The molecule has 0 saturated heterocycles. The third-order valence-electron chi connectivity index (χ3n) is 3.06. The van der Waals surface area contributed by atoms with Crippen molar-refractivity contribution in [3.05, 3.63) is 0 Å². The van der Waals surface area contributed by atoms with E-state index >= 15 is 0 Å². The van der Waals surface area contributed by atoms with E-state index in [9.17, 15) is 4.79 Å². The second-order valence-corrected chi connectivity index (χ2v) is 4.67. The minimum atomic E-state index is -0.633. The first-order valence-electron chi connectivity index (χ1n) is 5.68. The largest absolute Gasteiger partial charge is 0.446 e. The molecule has 1 aliphatic carbocycles. The maximum Gasteiger partial charge on any atom is 0.404 e. The average Bonchev–Trinajstić information content (AvgIpc) is 2.16. The highest BCUT2D eigenvalue weighted by atomic mass is 16.6. The molecule has 1 amide bonds. The maximum absolute atomic E-state index is 10.6. The van der Waals surface area contributed by atoms with Gasteiger partial charge < -0.3 is 15.4 Å². The van der Waals surface area contributed by atoms with Gasteiger partial charge in [0, 0.05) is 0 Å². The summed E-state index contributed by atoms with van der Waals surface area (Å²) in [6, 6.07) is 0. The summed E-state index contributed by atoms with van der Waals surface area (Å²) in [6.07, 6.45) is 4.94. The molecule has 1 aliphatic rings. The van der Waals surface area contributed by atoms with Crippen LogP contribution < -0.4 is 5.73 Å². The van der Waals surface area contributed by atoms with Crippen molar-refractivity contribution in [3.63, 3.8) is 0 Å². The molecule has 1 rings (SSSR count). The predicted octanol–water partition coefficient (Wildman–Crippen LogP) is 1.59. The monoisotopic (exact) mass is 214 g/mol. The number of carbonyl (C=O) groups is 1. The van der Waals surface area contributed by atoms with E-state index in [1.54, 1.807) is 0 Å². The molecule has 1 saturated carbocycles. The van der Waals surface area contributed by atoms with Gasteiger partial charge in [-0.25, -0.2) is 4.79 Å². The zero-order valence-electron chi connectivity index (χ0n) is 9.74. The van der Waals surface area contributed by atoms with Crippen LogP contribution in [0.2, 0.25) is 0 Å². The summed E-state index contributed by atoms with van der Waals surface area (Å²) in [4.78, 5) is 12.8. The Bertz CT molecular complexity index is 199. The van der Waals surface area contributed by atoms with Gasteiger partial charge in [-0.05, 0) is 58.7 Å². The number of nitrogens with zero attached hydrogens (tertiary/aromatic N) is 1. The molecular weight excluding hydrogens is 192 g/mol. The lowest BCUT2D eigenvalue weighted by Gasteiger charge is -2.28. The molecule has 4 heteroatoms. The Balaban J connectivity index is 2.15. The van der Waals surface area contributed by atoms with Crippen molar-refractivity contribution in [2.24, 2.45) is 11.7 Å². The van der Waals surface area contributed by atoms with Crippen molar-refractivity contribution in [2.75, 3.05) is 20.6 Å². The summed E-state index contributed by atoms with van der Waals surface area (Å²) in [7, 11) is 4.20. The quantitative estimate of drug-likeness (QED) is 0.773. The van der Waals surface area contributed by atoms with E-state index in [0.29, 0.717) is 0 Å². The molecule has 88 valence electrons. The Morgan fingerprint density at radius 1 is 1.33 bits per heavy atom. The molecule has 0 aliphatic heterocycles. The van der Waals surface area contributed by atoms with Crippen LogP contribution in [-0.4, -0.2) is 37.7 Å². The van der Waals surface area contributed by atoms with Gasteiger partial charge >= 0.3 is 6.09 Å². The number of nitrogens with two attached hydrogens (primary N) is 1. The predicted molar refractivity (Wildman–Crippen MR) is 59.6 cm³/mol. The van der Waals surface area contributed by atoms with E-state index < -0.39 is 6.09 Å². The van der Waals surface area contributed by atoms with Crippen LogP contribution in [0.25, 0.3) is 0 Å². The minimum absolute atomic E-state index is 0.0677. The summed E-state index contributed by atoms with van der Waals surface area (Å²) >= 11 is 0. The zero-order valence-corrected chi connectivity index (χ0v) is 9.74. The van der Waals surface area contributed by atoms with Crippen LogP contribution in [0.4, 0.5) is 4.79 Å². The van der Waals surface area contributed by atoms with Gasteiger partial charge in [0.2, 0.25) is 0 Å².